The van der Waals surface area contributed by atoms with Crippen LogP contribution in [0, 0.1) is 11.8 Å². The van der Waals surface area contributed by atoms with Gasteiger partial charge in [-0.1, -0.05) is 63.1 Å². The monoisotopic (exact) mass is 343 g/mol. The van der Waals surface area contributed by atoms with E-state index in [0.29, 0.717) is 31.5 Å². The lowest BCUT2D eigenvalue weighted by Crippen LogP contribution is -2.10. The van der Waals surface area contributed by atoms with Crippen LogP contribution >= 0.6 is 21.6 Å². The third-order valence-corrected chi connectivity index (χ3v) is 3.42. The average Bonchev–Trinajstić information content (AvgIpc) is 2.46. The van der Waals surface area contributed by atoms with Crippen LogP contribution in [0.1, 0.15) is 54.4 Å². The fraction of sp³-hybridized carbons (Fsp3) is 0.933. The molecule has 21 heavy (non-hydrogen) atoms. The van der Waals surface area contributed by atoms with Crippen LogP contribution < -0.4 is 5.73 Å². The zero-order chi connectivity index (χ0) is 17.7. The van der Waals surface area contributed by atoms with Crippen molar-refractivity contribution in [3.05, 3.63) is 0 Å². The predicted octanol–water partition coefficient (Wildman–Crippen LogP) is 3.56. The van der Waals surface area contributed by atoms with Crippen LogP contribution in [0.25, 0.3) is 0 Å². The first kappa shape index (κ1) is 29.1. The van der Waals surface area contributed by atoms with Crippen LogP contribution in [0.2, 0.25) is 0 Å². The van der Waals surface area contributed by atoms with Crippen molar-refractivity contribution in [2.24, 2.45) is 17.6 Å². The first-order valence-electron chi connectivity index (χ1n) is 7.47. The van der Waals surface area contributed by atoms with Gasteiger partial charge in [-0.05, 0) is 24.5 Å². The van der Waals surface area contributed by atoms with E-state index in [-0.39, 0.29) is 5.91 Å². The van der Waals surface area contributed by atoms with E-state index < -0.39 is 0 Å². The highest BCUT2D eigenvalue weighted by atomic mass is 33.1. The summed E-state index contributed by atoms with van der Waals surface area (Å²) < 4.78 is 0. The third-order valence-electron chi connectivity index (χ3n) is 1.63. The van der Waals surface area contributed by atoms with Gasteiger partial charge in [-0.2, -0.15) is 0 Å². The van der Waals surface area contributed by atoms with Crippen molar-refractivity contribution < 1.29 is 15.0 Å². The number of aliphatic hydroxyl groups is 2. The molecule has 0 fully saturated rings. The quantitative estimate of drug-likeness (QED) is 0.486. The Morgan fingerprint density at radius 3 is 1.62 bits per heavy atom. The summed E-state index contributed by atoms with van der Waals surface area (Å²) in [6.45, 7) is 12.7. The van der Waals surface area contributed by atoms with Gasteiger partial charge in [-0.25, -0.2) is 0 Å². The summed E-state index contributed by atoms with van der Waals surface area (Å²) in [5, 5.41) is 16.3. The van der Waals surface area contributed by atoms with Crippen molar-refractivity contribution in [3.8, 4) is 0 Å². The number of hydrogen-bond acceptors (Lipinski definition) is 5. The minimum Gasteiger partial charge on any atom is -0.396 e. The van der Waals surface area contributed by atoms with Gasteiger partial charge in [0.25, 0.3) is 0 Å². The molecule has 0 aliphatic rings. The zero-order valence-electron chi connectivity index (χ0n) is 14.9. The second-order valence-corrected chi connectivity index (χ2v) is 7.37. The molecule has 0 aromatic carbocycles. The molecule has 4 nitrogen and oxygen atoms in total. The average molecular weight is 344 g/mol. The number of amides is 1. The zero-order valence-corrected chi connectivity index (χ0v) is 16.5. The second-order valence-electron chi connectivity index (χ2n) is 4.69. The fourth-order valence-electron chi connectivity index (χ4n) is 0.552. The van der Waals surface area contributed by atoms with Crippen LogP contribution in [-0.2, 0) is 4.79 Å². The molecule has 0 heterocycles. The number of nitrogens with two attached hydrogens (primary N) is 1. The number of carbonyl (C=O) groups excluding carboxylic acids is 1. The molecule has 0 aliphatic carbocycles. The SMILES string of the molecule is CC.CC(C)CCC(N)=O.CC(C)CO.CSSCCO. The van der Waals surface area contributed by atoms with Gasteiger partial charge in [0.05, 0.1) is 6.61 Å². The molecule has 1 amide bonds. The Morgan fingerprint density at radius 1 is 1.10 bits per heavy atom. The van der Waals surface area contributed by atoms with Crippen LogP contribution in [0.5, 0.6) is 0 Å². The van der Waals surface area contributed by atoms with Crippen molar-refractivity contribution in [1.82, 2.24) is 0 Å². The van der Waals surface area contributed by atoms with Crippen LogP contribution in [0.15, 0.2) is 0 Å². The Kier molecular flexibility index (Phi) is 39.2. The van der Waals surface area contributed by atoms with Crippen molar-refractivity contribution in [3.63, 3.8) is 0 Å². The van der Waals surface area contributed by atoms with Crippen molar-refractivity contribution in [2.75, 3.05) is 25.2 Å². The van der Waals surface area contributed by atoms with Crippen LogP contribution in [-0.4, -0.2) is 41.3 Å². The molecule has 0 aliphatic heterocycles. The molecular weight excluding hydrogens is 306 g/mol. The van der Waals surface area contributed by atoms with Crippen molar-refractivity contribution >= 4 is 27.5 Å². The molecule has 0 saturated carbocycles. The van der Waals surface area contributed by atoms with Crippen LogP contribution in [0.4, 0.5) is 0 Å². The maximum atomic E-state index is 10.1. The number of hydrogen-bond donors (Lipinski definition) is 3. The van der Waals surface area contributed by atoms with E-state index in [2.05, 4.69) is 13.8 Å². The Hall–Kier alpha value is 0.0900. The molecule has 0 rings (SSSR count). The molecule has 0 aromatic heterocycles. The Balaban J connectivity index is -0.0000000998. The highest BCUT2D eigenvalue weighted by Gasteiger charge is 1.96. The molecule has 0 unspecified atom stereocenters. The van der Waals surface area contributed by atoms with Crippen molar-refractivity contribution in [1.29, 1.82) is 0 Å². The molecule has 0 aromatic rings. The molecule has 0 bridgehead atoms. The summed E-state index contributed by atoms with van der Waals surface area (Å²) in [6, 6.07) is 0. The molecule has 0 atom stereocenters. The molecular formula is C15H37NO3S2. The van der Waals surface area contributed by atoms with Crippen molar-refractivity contribution in [2.45, 2.75) is 54.4 Å². The van der Waals surface area contributed by atoms with E-state index in [9.17, 15) is 4.79 Å². The Labute approximate surface area is 140 Å². The summed E-state index contributed by atoms with van der Waals surface area (Å²) in [4.78, 5) is 10.1. The van der Waals surface area contributed by atoms with E-state index in [1.807, 2.05) is 34.0 Å². The van der Waals surface area contributed by atoms with Gasteiger partial charge in [0.2, 0.25) is 5.91 Å². The highest BCUT2D eigenvalue weighted by Crippen LogP contribution is 2.14. The summed E-state index contributed by atoms with van der Waals surface area (Å²) in [5.41, 5.74) is 4.90. The smallest absolute Gasteiger partial charge is 0.217 e. The van der Waals surface area contributed by atoms with E-state index in [0.717, 1.165) is 12.2 Å². The van der Waals surface area contributed by atoms with Gasteiger partial charge in [0.15, 0.2) is 0 Å². The number of carbonyl (C=O) groups is 1. The van der Waals surface area contributed by atoms with E-state index in [1.165, 1.54) is 0 Å². The van der Waals surface area contributed by atoms with Gasteiger partial charge >= 0.3 is 0 Å². The molecule has 0 saturated heterocycles. The summed E-state index contributed by atoms with van der Waals surface area (Å²) >= 11 is 0. The molecule has 0 radical (unpaired) electrons. The highest BCUT2D eigenvalue weighted by molar-refractivity contribution is 8.76. The number of primary amides is 1. The largest absolute Gasteiger partial charge is 0.396 e. The van der Waals surface area contributed by atoms with Gasteiger partial charge in [-0.15, -0.1) is 0 Å². The minimum atomic E-state index is -0.196. The maximum absolute atomic E-state index is 10.1. The first-order valence-corrected chi connectivity index (χ1v) is 10.2. The van der Waals surface area contributed by atoms with Gasteiger partial charge in [0.1, 0.15) is 0 Å². The molecule has 0 spiro atoms. The van der Waals surface area contributed by atoms with Crippen LogP contribution in [0.3, 0.4) is 0 Å². The second kappa shape index (κ2) is 28.3. The Bertz CT molecular complexity index is 176. The van der Waals surface area contributed by atoms with E-state index in [4.69, 9.17) is 15.9 Å². The lowest BCUT2D eigenvalue weighted by atomic mass is 10.1. The van der Waals surface area contributed by atoms with Gasteiger partial charge in [-0.3, -0.25) is 4.79 Å². The standard InChI is InChI=1S/C6H13NO.C4H10O.C3H8OS2.C2H6/c1-5(2)3-4-6(7)8;1-4(2)3-5;1-5-6-3-2-4;1-2/h5H,3-4H2,1-2H3,(H2,7,8);4-5H,3H2,1-2H3;4H,2-3H2,1H3;1-2H3. The number of aliphatic hydroxyl groups excluding tert-OH is 2. The predicted molar refractivity (Wildman–Crippen MR) is 99.6 cm³/mol. The maximum Gasteiger partial charge on any atom is 0.217 e. The first-order chi connectivity index (χ1) is 9.81. The van der Waals surface area contributed by atoms with E-state index in [1.54, 1.807) is 21.6 Å². The molecule has 6 heteroatoms. The fourth-order valence-corrected chi connectivity index (χ4v) is 1.52. The van der Waals surface area contributed by atoms with E-state index >= 15 is 0 Å². The summed E-state index contributed by atoms with van der Waals surface area (Å²) in [7, 11) is 3.36. The summed E-state index contributed by atoms with van der Waals surface area (Å²) in [6.07, 6.45) is 3.44. The minimum absolute atomic E-state index is 0.196. The number of rotatable bonds is 7. The summed E-state index contributed by atoms with van der Waals surface area (Å²) in [5.74, 6) is 1.68. The lowest BCUT2D eigenvalue weighted by Gasteiger charge is -1.98. The topological polar surface area (TPSA) is 83.6 Å². The van der Waals surface area contributed by atoms with Gasteiger partial charge < -0.3 is 15.9 Å². The molecule has 132 valence electrons. The van der Waals surface area contributed by atoms with Gasteiger partial charge in [0, 0.05) is 18.8 Å². The third kappa shape index (κ3) is 64.6. The normalized spacial score (nSPS) is 8.90. The lowest BCUT2D eigenvalue weighted by molar-refractivity contribution is -0.118. The molecule has 4 N–H and O–H groups in total. The Morgan fingerprint density at radius 2 is 1.52 bits per heavy atom.